The first-order valence-corrected chi connectivity index (χ1v) is 6.02. The van der Waals surface area contributed by atoms with E-state index in [1.807, 2.05) is 0 Å². The van der Waals surface area contributed by atoms with E-state index in [2.05, 4.69) is 25.8 Å². The van der Waals surface area contributed by atoms with Gasteiger partial charge >= 0.3 is 12.1 Å². The number of hydrogen-bond donors (Lipinski definition) is 0. The molecule has 9 heteroatoms. The molecule has 0 N–H and O–H groups in total. The first kappa shape index (κ1) is 14.1. The number of alkyl halides is 3. The minimum atomic E-state index is -4.68. The fourth-order valence-electron chi connectivity index (χ4n) is 1.66. The molecule has 0 saturated carbocycles. The number of rotatable bonds is 3. The van der Waals surface area contributed by atoms with Crippen LogP contribution in [0.1, 0.15) is 5.89 Å². The Morgan fingerprint density at radius 2 is 2.14 bits per heavy atom. The average Bonchev–Trinajstić information content (AvgIpc) is 3.08. The van der Waals surface area contributed by atoms with Crippen molar-refractivity contribution in [3.63, 3.8) is 0 Å². The summed E-state index contributed by atoms with van der Waals surface area (Å²) >= 11 is 0. The van der Waals surface area contributed by atoms with E-state index in [1.165, 1.54) is 18.2 Å². The van der Waals surface area contributed by atoms with Crippen LogP contribution >= 0.6 is 0 Å². The molecule has 0 amide bonds. The molecule has 1 radical (unpaired) electrons. The van der Waals surface area contributed by atoms with Crippen LogP contribution in [-0.4, -0.2) is 19.9 Å². The molecule has 0 atom stereocenters. The number of benzene rings is 1. The maximum absolute atomic E-state index is 12.4. The lowest BCUT2D eigenvalue weighted by Gasteiger charge is -2.02. The summed E-state index contributed by atoms with van der Waals surface area (Å²) in [5.74, 6) is -0.982. The highest BCUT2D eigenvalue weighted by atomic mass is 19.4. The molecule has 0 aliphatic heterocycles. The van der Waals surface area contributed by atoms with Crippen molar-refractivity contribution in [3.8, 4) is 23.0 Å². The van der Waals surface area contributed by atoms with E-state index in [0.29, 0.717) is 11.4 Å². The summed E-state index contributed by atoms with van der Waals surface area (Å²) in [5, 5.41) is 7.33. The molecule has 3 aromatic rings. The summed E-state index contributed by atoms with van der Waals surface area (Å²) in [6, 6.07) is 8.85. The molecule has 0 fully saturated rings. The largest absolute Gasteiger partial charge is 0.471 e. The molecule has 113 valence electrons. The van der Waals surface area contributed by atoms with Gasteiger partial charge in [-0.2, -0.15) is 18.2 Å². The van der Waals surface area contributed by atoms with E-state index in [0.717, 1.165) is 0 Å². The Bertz CT molecular complexity index is 794. The molecule has 0 aliphatic rings. The van der Waals surface area contributed by atoms with Crippen LogP contribution in [0.15, 0.2) is 35.0 Å². The van der Waals surface area contributed by atoms with E-state index < -0.39 is 12.1 Å². The van der Waals surface area contributed by atoms with E-state index in [1.54, 1.807) is 24.0 Å². The molecule has 0 aliphatic carbocycles. The Labute approximate surface area is 122 Å². The molecule has 2 aromatic heterocycles. The van der Waals surface area contributed by atoms with Gasteiger partial charge in [0, 0.05) is 30.9 Å². The molecule has 22 heavy (non-hydrogen) atoms. The molecule has 0 bridgehead atoms. The summed E-state index contributed by atoms with van der Waals surface area (Å²) in [5.41, 5.74) is 0.309. The number of aryl methyl sites for hydroxylation is 1. The van der Waals surface area contributed by atoms with Crippen LogP contribution in [-0.2, 0) is 13.2 Å². The van der Waals surface area contributed by atoms with Crippen molar-refractivity contribution in [1.82, 2.24) is 19.9 Å². The van der Waals surface area contributed by atoms with Crippen LogP contribution in [0, 0.1) is 6.07 Å². The number of halogens is 3. The zero-order valence-electron chi connectivity index (χ0n) is 11.1. The normalized spacial score (nSPS) is 11.6. The van der Waals surface area contributed by atoms with Gasteiger partial charge in [-0.05, 0) is 12.1 Å². The maximum Gasteiger partial charge on any atom is 0.471 e. The monoisotopic (exact) mass is 309 g/mol. The highest BCUT2D eigenvalue weighted by Crippen LogP contribution is 2.30. The van der Waals surface area contributed by atoms with Crippen molar-refractivity contribution in [2.75, 3.05) is 0 Å². The Morgan fingerprint density at radius 3 is 2.77 bits per heavy atom. The predicted octanol–water partition coefficient (Wildman–Crippen LogP) is 3.08. The van der Waals surface area contributed by atoms with Crippen LogP contribution in [0.3, 0.4) is 0 Å². The van der Waals surface area contributed by atoms with Gasteiger partial charge in [0.15, 0.2) is 0 Å². The number of hydrogen-bond acceptors (Lipinski definition) is 5. The Balaban J connectivity index is 1.86. The van der Waals surface area contributed by atoms with Gasteiger partial charge in [-0.15, -0.1) is 5.10 Å². The second-order valence-electron chi connectivity index (χ2n) is 4.29. The number of ether oxygens (including phenoxy) is 1. The zero-order chi connectivity index (χ0) is 15.7. The lowest BCUT2D eigenvalue weighted by Crippen LogP contribution is -2.04. The summed E-state index contributed by atoms with van der Waals surface area (Å²) in [4.78, 5) is 3.31. The number of nitrogens with zero attached hydrogens (tertiary/aromatic N) is 4. The molecule has 2 heterocycles. The summed E-state index contributed by atoms with van der Waals surface area (Å²) in [6.07, 6.45) is -2.99. The van der Waals surface area contributed by atoms with E-state index in [4.69, 9.17) is 4.74 Å². The minimum absolute atomic E-state index is 0.188. The average molecular weight is 309 g/mol. The summed E-state index contributed by atoms with van der Waals surface area (Å²) in [6.45, 7) is 0. The van der Waals surface area contributed by atoms with Crippen LogP contribution in [0.2, 0.25) is 0 Å². The zero-order valence-corrected chi connectivity index (χ0v) is 11.1. The van der Waals surface area contributed by atoms with Gasteiger partial charge in [-0.3, -0.25) is 4.68 Å². The summed E-state index contributed by atoms with van der Waals surface area (Å²) in [7, 11) is 1.73. The second kappa shape index (κ2) is 5.17. The van der Waals surface area contributed by atoms with Gasteiger partial charge in [-0.25, -0.2) is 0 Å². The topological polar surface area (TPSA) is 66.0 Å². The fraction of sp³-hybridized carbons (Fsp3) is 0.154. The van der Waals surface area contributed by atoms with Crippen LogP contribution in [0.4, 0.5) is 13.2 Å². The molecule has 0 unspecified atom stereocenters. The Kier molecular flexibility index (Phi) is 3.32. The fourth-order valence-corrected chi connectivity index (χ4v) is 1.66. The lowest BCUT2D eigenvalue weighted by atomic mass is 10.2. The van der Waals surface area contributed by atoms with Crippen molar-refractivity contribution in [3.05, 3.63) is 42.4 Å². The first-order chi connectivity index (χ1) is 10.4. The van der Waals surface area contributed by atoms with E-state index in [-0.39, 0.29) is 11.6 Å². The van der Waals surface area contributed by atoms with Gasteiger partial charge in [0.05, 0.1) is 0 Å². The molecule has 0 spiro atoms. The minimum Gasteiger partial charge on any atom is -0.437 e. The van der Waals surface area contributed by atoms with Crippen LogP contribution in [0.25, 0.3) is 11.4 Å². The lowest BCUT2D eigenvalue weighted by molar-refractivity contribution is -0.159. The third-order valence-corrected chi connectivity index (χ3v) is 2.61. The Morgan fingerprint density at radius 1 is 1.32 bits per heavy atom. The maximum atomic E-state index is 12.4. The van der Waals surface area contributed by atoms with Gasteiger partial charge in [0.2, 0.25) is 11.7 Å². The third-order valence-electron chi connectivity index (χ3n) is 2.61. The molecular weight excluding hydrogens is 301 g/mol. The van der Waals surface area contributed by atoms with Gasteiger partial charge < -0.3 is 9.26 Å². The molecular formula is C13H8F3N4O2. The second-order valence-corrected chi connectivity index (χ2v) is 4.29. The number of aromatic nitrogens is 4. The Hall–Kier alpha value is -2.84. The van der Waals surface area contributed by atoms with Crippen molar-refractivity contribution >= 4 is 0 Å². The van der Waals surface area contributed by atoms with Crippen molar-refractivity contribution < 1.29 is 22.4 Å². The van der Waals surface area contributed by atoms with E-state index >= 15 is 0 Å². The molecule has 0 saturated heterocycles. The standard InChI is InChI=1S/C13H8F3N4O2/c1-20-6-5-10(18-20)21-9-4-2-3-8(7-9)11-17-12(22-19-11)13(14,15)16/h2-3,5-7H,1H3. The van der Waals surface area contributed by atoms with Crippen molar-refractivity contribution in [1.29, 1.82) is 0 Å². The van der Waals surface area contributed by atoms with E-state index in [9.17, 15) is 13.2 Å². The highest BCUT2D eigenvalue weighted by molar-refractivity contribution is 5.56. The summed E-state index contributed by atoms with van der Waals surface area (Å²) < 4.78 is 48.5. The van der Waals surface area contributed by atoms with Crippen molar-refractivity contribution in [2.24, 2.45) is 7.05 Å². The quantitative estimate of drug-likeness (QED) is 0.744. The SMILES string of the molecule is Cn1ccc(Oc2[c]ccc(-c3noc(C(F)(F)F)n3)c2)n1. The van der Waals surface area contributed by atoms with Gasteiger partial charge in [-0.1, -0.05) is 11.2 Å². The highest BCUT2D eigenvalue weighted by Gasteiger charge is 2.38. The third kappa shape index (κ3) is 2.92. The smallest absolute Gasteiger partial charge is 0.437 e. The van der Waals surface area contributed by atoms with Crippen molar-refractivity contribution in [2.45, 2.75) is 6.18 Å². The van der Waals surface area contributed by atoms with Gasteiger partial charge in [0.1, 0.15) is 5.75 Å². The molecule has 1 aromatic carbocycles. The van der Waals surface area contributed by atoms with Gasteiger partial charge in [0.25, 0.3) is 0 Å². The molecule has 6 nitrogen and oxygen atoms in total. The predicted molar refractivity (Wildman–Crippen MR) is 66.9 cm³/mol. The first-order valence-electron chi connectivity index (χ1n) is 6.02. The van der Waals surface area contributed by atoms with Crippen LogP contribution < -0.4 is 4.74 Å². The molecule has 3 rings (SSSR count). The van der Waals surface area contributed by atoms with Crippen LogP contribution in [0.5, 0.6) is 11.6 Å².